The van der Waals surface area contributed by atoms with Gasteiger partial charge in [-0.2, -0.15) is 0 Å². The molecular formula is C18H24ClN3O3. The summed E-state index contributed by atoms with van der Waals surface area (Å²) >= 11 is 6.17. The lowest BCUT2D eigenvalue weighted by Crippen LogP contribution is -2.81. The minimum Gasteiger partial charge on any atom is -0.377 e. The molecule has 1 aromatic carbocycles. The number of ether oxygens (including phenoxy) is 1. The molecule has 6 nitrogen and oxygen atoms in total. The smallest absolute Gasteiger partial charge is 0.245 e. The summed E-state index contributed by atoms with van der Waals surface area (Å²) < 4.78 is 5.84. The number of carbonyl (C=O) groups is 2. The average Bonchev–Trinajstić information content (AvgIpc) is 2.56. The van der Waals surface area contributed by atoms with Crippen molar-refractivity contribution in [2.45, 2.75) is 45.3 Å². The van der Waals surface area contributed by atoms with E-state index in [1.807, 2.05) is 13.8 Å². The summed E-state index contributed by atoms with van der Waals surface area (Å²) in [7, 11) is 0. The summed E-state index contributed by atoms with van der Waals surface area (Å²) in [5, 5.41) is 5.86. The van der Waals surface area contributed by atoms with Crippen LogP contribution < -0.4 is 16.4 Å². The SMILES string of the molecule is CC(=O)Nc1ccc(NC(=O)C2(N)C3CCCOC3C2(C)C)cc1Cl. The summed E-state index contributed by atoms with van der Waals surface area (Å²) in [5.41, 5.74) is 6.20. The number of rotatable bonds is 3. The summed E-state index contributed by atoms with van der Waals surface area (Å²) in [5.74, 6) is -0.419. The Balaban J connectivity index is 1.78. The highest BCUT2D eigenvalue weighted by molar-refractivity contribution is 6.34. The second kappa shape index (κ2) is 6.27. The fraction of sp³-hybridized carbons (Fsp3) is 0.556. The molecule has 1 aliphatic carbocycles. The van der Waals surface area contributed by atoms with Crippen molar-refractivity contribution in [1.82, 2.24) is 0 Å². The predicted octanol–water partition coefficient (Wildman–Crippen LogP) is 2.77. The van der Waals surface area contributed by atoms with Gasteiger partial charge in [0, 0.05) is 30.6 Å². The second-order valence-electron chi connectivity index (χ2n) is 7.46. The maximum atomic E-state index is 13.0. The highest BCUT2D eigenvalue weighted by Crippen LogP contribution is 2.57. The molecule has 0 radical (unpaired) electrons. The highest BCUT2D eigenvalue weighted by atomic mass is 35.5. The van der Waals surface area contributed by atoms with Crippen LogP contribution in [-0.2, 0) is 14.3 Å². The fourth-order valence-corrected chi connectivity index (χ4v) is 4.38. The quantitative estimate of drug-likeness (QED) is 0.767. The molecule has 0 aromatic heterocycles. The van der Waals surface area contributed by atoms with Crippen LogP contribution in [0.4, 0.5) is 11.4 Å². The molecular weight excluding hydrogens is 342 g/mol. The molecule has 1 aromatic rings. The van der Waals surface area contributed by atoms with Gasteiger partial charge in [0.25, 0.3) is 0 Å². The second-order valence-corrected chi connectivity index (χ2v) is 7.87. The molecule has 1 aliphatic heterocycles. The minimum atomic E-state index is -0.985. The first-order valence-electron chi connectivity index (χ1n) is 8.47. The largest absolute Gasteiger partial charge is 0.377 e. The van der Waals surface area contributed by atoms with Crippen LogP contribution in [0, 0.1) is 11.3 Å². The van der Waals surface area contributed by atoms with E-state index in [2.05, 4.69) is 10.6 Å². The standard InChI is InChI=1S/C18H24ClN3O3/c1-10(23)21-14-7-6-11(9-13(14)19)22-16(24)18(20)12-5-4-8-25-15(12)17(18,2)3/h6-7,9,12,15H,4-5,8,20H2,1-3H3,(H,21,23)(H,22,24). The van der Waals surface area contributed by atoms with Gasteiger partial charge >= 0.3 is 0 Å². The van der Waals surface area contributed by atoms with Gasteiger partial charge in [-0.3, -0.25) is 9.59 Å². The van der Waals surface area contributed by atoms with E-state index in [0.717, 1.165) is 19.4 Å². The Morgan fingerprint density at radius 3 is 2.68 bits per heavy atom. The van der Waals surface area contributed by atoms with Crippen LogP contribution in [0.1, 0.15) is 33.6 Å². The molecule has 0 bridgehead atoms. The number of benzene rings is 1. The molecule has 7 heteroatoms. The number of hydrogen-bond donors (Lipinski definition) is 3. The highest BCUT2D eigenvalue weighted by Gasteiger charge is 2.70. The number of anilines is 2. The molecule has 2 amide bonds. The zero-order chi connectivity index (χ0) is 18.4. The van der Waals surface area contributed by atoms with E-state index in [1.54, 1.807) is 18.2 Å². The lowest BCUT2D eigenvalue weighted by Gasteiger charge is -2.65. The maximum absolute atomic E-state index is 13.0. The van der Waals surface area contributed by atoms with Crippen molar-refractivity contribution >= 4 is 34.8 Å². The van der Waals surface area contributed by atoms with Gasteiger partial charge in [0.15, 0.2) is 0 Å². The van der Waals surface area contributed by atoms with E-state index < -0.39 is 11.0 Å². The molecule has 2 aliphatic rings. The van der Waals surface area contributed by atoms with Crippen molar-refractivity contribution in [2.75, 3.05) is 17.2 Å². The summed E-state index contributed by atoms with van der Waals surface area (Å²) in [6.07, 6.45) is 1.82. The third-order valence-corrected chi connectivity index (χ3v) is 5.91. The summed E-state index contributed by atoms with van der Waals surface area (Å²) in [4.78, 5) is 24.1. The molecule has 1 saturated heterocycles. The minimum absolute atomic E-state index is 0.0164. The van der Waals surface area contributed by atoms with Gasteiger partial charge in [-0.1, -0.05) is 25.4 Å². The van der Waals surface area contributed by atoms with Crippen LogP contribution in [0.15, 0.2) is 18.2 Å². The first kappa shape index (κ1) is 18.2. The zero-order valence-electron chi connectivity index (χ0n) is 14.7. The first-order valence-corrected chi connectivity index (χ1v) is 8.85. The van der Waals surface area contributed by atoms with Gasteiger partial charge in [-0.15, -0.1) is 0 Å². The third-order valence-electron chi connectivity index (χ3n) is 5.60. The van der Waals surface area contributed by atoms with E-state index in [4.69, 9.17) is 22.1 Å². The topological polar surface area (TPSA) is 93.5 Å². The average molecular weight is 366 g/mol. The molecule has 0 spiro atoms. The van der Waals surface area contributed by atoms with Crippen LogP contribution >= 0.6 is 11.6 Å². The molecule has 3 atom stereocenters. The Morgan fingerprint density at radius 2 is 2.04 bits per heavy atom. The number of nitrogens with two attached hydrogens (primary N) is 1. The Bertz CT molecular complexity index is 722. The van der Waals surface area contributed by atoms with Crippen LogP contribution in [-0.4, -0.2) is 30.1 Å². The summed E-state index contributed by atoms with van der Waals surface area (Å²) in [6.45, 7) is 6.09. The van der Waals surface area contributed by atoms with E-state index in [9.17, 15) is 9.59 Å². The van der Waals surface area contributed by atoms with Crippen LogP contribution in [0.2, 0.25) is 5.02 Å². The maximum Gasteiger partial charge on any atom is 0.245 e. The summed E-state index contributed by atoms with van der Waals surface area (Å²) in [6, 6.07) is 4.95. The number of hydrogen-bond acceptors (Lipinski definition) is 4. The van der Waals surface area contributed by atoms with Crippen LogP contribution in [0.5, 0.6) is 0 Å². The lowest BCUT2D eigenvalue weighted by atomic mass is 9.46. The predicted molar refractivity (Wildman–Crippen MR) is 97.5 cm³/mol. The van der Waals surface area contributed by atoms with Crippen molar-refractivity contribution in [3.63, 3.8) is 0 Å². The zero-order valence-corrected chi connectivity index (χ0v) is 15.4. The van der Waals surface area contributed by atoms with Crippen LogP contribution in [0.25, 0.3) is 0 Å². The Morgan fingerprint density at radius 1 is 1.32 bits per heavy atom. The molecule has 136 valence electrons. The number of nitrogens with one attached hydrogen (secondary N) is 2. The van der Waals surface area contributed by atoms with E-state index in [-0.39, 0.29) is 23.8 Å². The van der Waals surface area contributed by atoms with Crippen LogP contribution in [0.3, 0.4) is 0 Å². The Labute approximate surface area is 152 Å². The number of fused-ring (bicyclic) bond motifs is 1. The van der Waals surface area contributed by atoms with Gasteiger partial charge in [0.05, 0.1) is 16.8 Å². The van der Waals surface area contributed by atoms with Crippen molar-refractivity contribution in [2.24, 2.45) is 17.1 Å². The van der Waals surface area contributed by atoms with Gasteiger partial charge < -0.3 is 21.1 Å². The molecule has 1 saturated carbocycles. The Kier molecular flexibility index (Phi) is 4.56. The van der Waals surface area contributed by atoms with Crippen molar-refractivity contribution in [1.29, 1.82) is 0 Å². The van der Waals surface area contributed by atoms with Gasteiger partial charge in [0.1, 0.15) is 5.54 Å². The normalized spacial score (nSPS) is 30.0. The number of amides is 2. The van der Waals surface area contributed by atoms with Gasteiger partial charge in [-0.05, 0) is 31.0 Å². The van der Waals surface area contributed by atoms with E-state index in [0.29, 0.717) is 16.4 Å². The molecule has 3 rings (SSSR count). The molecule has 2 fully saturated rings. The molecule has 4 N–H and O–H groups in total. The first-order chi connectivity index (χ1) is 11.7. The van der Waals surface area contributed by atoms with Crippen molar-refractivity contribution < 1.29 is 14.3 Å². The molecule has 1 heterocycles. The van der Waals surface area contributed by atoms with Crippen molar-refractivity contribution in [3.8, 4) is 0 Å². The number of halogens is 1. The lowest BCUT2D eigenvalue weighted by molar-refractivity contribution is -0.222. The molecule has 3 unspecified atom stereocenters. The third kappa shape index (κ3) is 2.82. The van der Waals surface area contributed by atoms with Crippen molar-refractivity contribution in [3.05, 3.63) is 23.2 Å². The van der Waals surface area contributed by atoms with Gasteiger partial charge in [0.2, 0.25) is 11.8 Å². The molecule has 25 heavy (non-hydrogen) atoms. The van der Waals surface area contributed by atoms with Gasteiger partial charge in [-0.25, -0.2) is 0 Å². The fourth-order valence-electron chi connectivity index (χ4n) is 4.16. The Hall–Kier alpha value is -1.63. The van der Waals surface area contributed by atoms with E-state index in [1.165, 1.54) is 6.92 Å². The monoisotopic (exact) mass is 365 g/mol. The van der Waals surface area contributed by atoms with E-state index >= 15 is 0 Å². The number of carbonyl (C=O) groups excluding carboxylic acids is 2.